The smallest absolute Gasteiger partial charge is 0.318 e. The van der Waals surface area contributed by atoms with Crippen molar-refractivity contribution >= 4 is 24.0 Å². The number of anilines is 1. The van der Waals surface area contributed by atoms with Gasteiger partial charge in [-0.2, -0.15) is 23.4 Å². The fraction of sp³-hybridized carbons (Fsp3) is 0.500. The maximum atomic E-state index is 12.3. The number of rotatable bonds is 4. The van der Waals surface area contributed by atoms with E-state index < -0.39 is 18.6 Å². The van der Waals surface area contributed by atoms with E-state index >= 15 is 0 Å². The minimum Gasteiger partial charge on any atom is -0.318 e. The number of piperidine rings is 1. The van der Waals surface area contributed by atoms with E-state index in [4.69, 9.17) is 0 Å². The normalized spacial score (nSPS) is 17.8. The van der Waals surface area contributed by atoms with Crippen LogP contribution in [0.25, 0.3) is 0 Å². The van der Waals surface area contributed by atoms with E-state index in [1.54, 1.807) is 16.9 Å². The minimum absolute atomic E-state index is 0. The van der Waals surface area contributed by atoms with Crippen LogP contribution < -0.4 is 10.6 Å². The minimum atomic E-state index is -4.36. The van der Waals surface area contributed by atoms with Gasteiger partial charge in [-0.25, -0.2) is 0 Å². The van der Waals surface area contributed by atoms with Crippen molar-refractivity contribution in [2.45, 2.75) is 31.6 Å². The number of hydrogen-bond acceptors (Lipinski definition) is 4. The van der Waals surface area contributed by atoms with Crippen molar-refractivity contribution < 1.29 is 18.0 Å². The zero-order valence-electron chi connectivity index (χ0n) is 13.2. The van der Waals surface area contributed by atoms with E-state index in [-0.39, 0.29) is 29.8 Å². The summed E-state index contributed by atoms with van der Waals surface area (Å²) >= 11 is 0. The third-order valence-corrected chi connectivity index (χ3v) is 3.72. The number of nitrogens with zero attached hydrogens (tertiary/aromatic N) is 4. The fourth-order valence-corrected chi connectivity index (χ4v) is 2.62. The lowest BCUT2D eigenvalue weighted by Gasteiger charge is -2.22. The second-order valence-corrected chi connectivity index (χ2v) is 5.68. The van der Waals surface area contributed by atoms with Crippen molar-refractivity contribution in [1.82, 2.24) is 24.9 Å². The van der Waals surface area contributed by atoms with Crippen molar-refractivity contribution in [2.75, 3.05) is 18.4 Å². The molecule has 1 aliphatic rings. The van der Waals surface area contributed by atoms with Crippen molar-refractivity contribution in [1.29, 1.82) is 0 Å². The van der Waals surface area contributed by atoms with Crippen LogP contribution in [0.1, 0.15) is 29.4 Å². The van der Waals surface area contributed by atoms with E-state index in [0.717, 1.165) is 36.8 Å². The van der Waals surface area contributed by atoms with Crippen molar-refractivity contribution in [3.63, 3.8) is 0 Å². The maximum absolute atomic E-state index is 12.3. The lowest BCUT2D eigenvalue weighted by Crippen LogP contribution is -2.32. The van der Waals surface area contributed by atoms with Gasteiger partial charge in [-0.05, 0) is 25.5 Å². The molecule has 25 heavy (non-hydrogen) atoms. The molecule has 2 aromatic rings. The van der Waals surface area contributed by atoms with Gasteiger partial charge in [0.05, 0.1) is 17.9 Å². The highest BCUT2D eigenvalue weighted by atomic mass is 35.5. The average molecular weight is 379 g/mol. The molecule has 0 aliphatic carbocycles. The Bertz CT molecular complexity index is 707. The van der Waals surface area contributed by atoms with Gasteiger partial charge in [0, 0.05) is 18.9 Å². The number of carbonyl (C=O) groups is 1. The molecule has 1 fully saturated rings. The lowest BCUT2D eigenvalue weighted by molar-refractivity contribution is -0.142. The molecule has 3 heterocycles. The highest BCUT2D eigenvalue weighted by molar-refractivity contribution is 6.02. The van der Waals surface area contributed by atoms with Crippen molar-refractivity contribution in [3.8, 4) is 0 Å². The molecule has 1 atom stereocenters. The molecule has 3 rings (SSSR count). The van der Waals surface area contributed by atoms with Crippen LogP contribution in [-0.2, 0) is 6.54 Å². The van der Waals surface area contributed by atoms with Crippen LogP contribution in [0, 0.1) is 0 Å². The highest BCUT2D eigenvalue weighted by Crippen LogP contribution is 2.19. The van der Waals surface area contributed by atoms with E-state index in [1.807, 2.05) is 0 Å². The summed E-state index contributed by atoms with van der Waals surface area (Å²) in [6.07, 6.45) is 1.71. The maximum Gasteiger partial charge on any atom is 0.408 e. The van der Waals surface area contributed by atoms with Crippen LogP contribution in [0.2, 0.25) is 0 Å². The summed E-state index contributed by atoms with van der Waals surface area (Å²) in [4.78, 5) is 12.1. The lowest BCUT2D eigenvalue weighted by atomic mass is 10.1. The molecular weight excluding hydrogens is 361 g/mol. The molecule has 1 aliphatic heterocycles. The molecular formula is C14H18ClF3N6O. The highest BCUT2D eigenvalue weighted by Gasteiger charge is 2.28. The summed E-state index contributed by atoms with van der Waals surface area (Å²) in [5.74, 6) is -0.482. The van der Waals surface area contributed by atoms with Crippen LogP contribution in [0.4, 0.5) is 18.9 Å². The Labute approximate surface area is 148 Å². The van der Waals surface area contributed by atoms with Gasteiger partial charge < -0.3 is 10.6 Å². The Morgan fingerprint density at radius 1 is 1.44 bits per heavy atom. The van der Waals surface area contributed by atoms with Crippen LogP contribution in [0.5, 0.6) is 0 Å². The summed E-state index contributed by atoms with van der Waals surface area (Å²) in [5.41, 5.74) is 0.405. The average Bonchev–Trinajstić information content (AvgIpc) is 3.16. The second kappa shape index (κ2) is 7.87. The SMILES string of the molecule is Cl.O=C(Nc1cnn(CC(F)(F)F)c1)c1ccn(C2CCCNC2)n1. The molecule has 2 aromatic heterocycles. The number of alkyl halides is 3. The van der Waals surface area contributed by atoms with Crippen molar-refractivity contribution in [2.24, 2.45) is 0 Å². The summed E-state index contributed by atoms with van der Waals surface area (Å²) in [6.45, 7) is 0.576. The molecule has 1 amide bonds. The van der Waals surface area contributed by atoms with Gasteiger partial charge in [-0.3, -0.25) is 14.2 Å². The van der Waals surface area contributed by atoms with Gasteiger partial charge in [0.25, 0.3) is 5.91 Å². The fourth-order valence-electron chi connectivity index (χ4n) is 2.62. The summed E-state index contributed by atoms with van der Waals surface area (Å²) in [6, 6.07) is 1.79. The zero-order valence-corrected chi connectivity index (χ0v) is 14.0. The van der Waals surface area contributed by atoms with Gasteiger partial charge in [0.1, 0.15) is 6.54 Å². The third kappa shape index (κ3) is 5.20. The first kappa shape index (κ1) is 19.3. The number of aromatic nitrogens is 4. The van der Waals surface area contributed by atoms with E-state index in [1.165, 1.54) is 6.20 Å². The number of hydrogen-bond donors (Lipinski definition) is 2. The third-order valence-electron chi connectivity index (χ3n) is 3.72. The molecule has 0 saturated carbocycles. The standard InChI is InChI=1S/C14H17F3N6O.ClH/c15-14(16,17)9-22-8-10(6-19-22)20-13(24)12-3-5-23(21-12)11-2-1-4-18-7-11;/h3,5-6,8,11,18H,1-2,4,7,9H2,(H,20,24);1H. The van der Waals surface area contributed by atoms with Gasteiger partial charge in [-0.1, -0.05) is 0 Å². The molecule has 0 aromatic carbocycles. The van der Waals surface area contributed by atoms with Gasteiger partial charge in [-0.15, -0.1) is 12.4 Å². The first-order chi connectivity index (χ1) is 11.4. The largest absolute Gasteiger partial charge is 0.408 e. The topological polar surface area (TPSA) is 76.8 Å². The first-order valence-electron chi connectivity index (χ1n) is 7.57. The van der Waals surface area contributed by atoms with Crippen LogP contribution in [0.3, 0.4) is 0 Å². The zero-order chi connectivity index (χ0) is 17.2. The monoisotopic (exact) mass is 378 g/mol. The summed E-state index contributed by atoms with van der Waals surface area (Å²) in [5, 5.41) is 13.6. The Morgan fingerprint density at radius 2 is 2.24 bits per heavy atom. The molecule has 1 saturated heterocycles. The van der Waals surface area contributed by atoms with Gasteiger partial charge >= 0.3 is 6.18 Å². The van der Waals surface area contributed by atoms with E-state index in [0.29, 0.717) is 0 Å². The van der Waals surface area contributed by atoms with Gasteiger partial charge in [0.2, 0.25) is 0 Å². The Balaban J connectivity index is 0.00000225. The molecule has 1 unspecified atom stereocenters. The number of carbonyl (C=O) groups excluding carboxylic acids is 1. The number of amides is 1. The first-order valence-corrected chi connectivity index (χ1v) is 7.57. The second-order valence-electron chi connectivity index (χ2n) is 5.68. The van der Waals surface area contributed by atoms with Gasteiger partial charge in [0.15, 0.2) is 5.69 Å². The Kier molecular flexibility index (Phi) is 6.07. The Morgan fingerprint density at radius 3 is 2.92 bits per heavy atom. The Hall–Kier alpha value is -2.07. The van der Waals surface area contributed by atoms with Crippen LogP contribution in [-0.4, -0.2) is 44.7 Å². The molecule has 11 heteroatoms. The molecule has 138 valence electrons. The molecule has 0 radical (unpaired) electrons. The molecule has 0 spiro atoms. The number of nitrogens with one attached hydrogen (secondary N) is 2. The van der Waals surface area contributed by atoms with Crippen LogP contribution >= 0.6 is 12.4 Å². The predicted octanol–water partition coefficient (Wildman–Crippen LogP) is 2.24. The van der Waals surface area contributed by atoms with E-state index in [2.05, 4.69) is 20.8 Å². The quantitative estimate of drug-likeness (QED) is 0.855. The molecule has 0 bridgehead atoms. The van der Waals surface area contributed by atoms with Crippen LogP contribution in [0.15, 0.2) is 24.7 Å². The predicted molar refractivity (Wildman–Crippen MR) is 86.9 cm³/mol. The summed E-state index contributed by atoms with van der Waals surface area (Å²) < 4.78 is 39.3. The molecule has 2 N–H and O–H groups in total. The number of halogens is 4. The van der Waals surface area contributed by atoms with Crippen molar-refractivity contribution in [3.05, 3.63) is 30.4 Å². The summed E-state index contributed by atoms with van der Waals surface area (Å²) in [7, 11) is 0. The molecule has 7 nitrogen and oxygen atoms in total. The van der Waals surface area contributed by atoms with E-state index in [9.17, 15) is 18.0 Å².